The molecule has 5 nitrogen and oxygen atoms in total. The first-order chi connectivity index (χ1) is 11.8. The van der Waals surface area contributed by atoms with E-state index in [1.807, 2.05) is 0 Å². The normalized spacial score (nSPS) is 29.6. The lowest BCUT2D eigenvalue weighted by molar-refractivity contribution is 0.133. The largest absolute Gasteiger partial charge is 0.387 e. The van der Waals surface area contributed by atoms with Crippen molar-refractivity contribution in [2.75, 3.05) is 19.3 Å². The number of hydrogen-bond donors (Lipinski definition) is 2. The molecule has 7 heteroatoms. The molecule has 0 aromatic heterocycles. The van der Waals surface area contributed by atoms with E-state index in [0.717, 1.165) is 32.1 Å². The van der Waals surface area contributed by atoms with Crippen LogP contribution in [0.4, 0.5) is 4.39 Å². The second kappa shape index (κ2) is 7.70. The van der Waals surface area contributed by atoms with Crippen LogP contribution in [-0.4, -0.2) is 49.3 Å². The Bertz CT molecular complexity index is 697. The van der Waals surface area contributed by atoms with Crippen LogP contribution in [-0.2, 0) is 10.0 Å². The van der Waals surface area contributed by atoms with Gasteiger partial charge in [0, 0.05) is 25.2 Å². The van der Waals surface area contributed by atoms with Gasteiger partial charge in [-0.2, -0.15) is 0 Å². The predicted octanol–water partition coefficient (Wildman–Crippen LogP) is 2.04. The van der Waals surface area contributed by atoms with Gasteiger partial charge in [-0.3, -0.25) is 0 Å². The minimum absolute atomic E-state index is 0.0820. The van der Waals surface area contributed by atoms with E-state index in [9.17, 15) is 17.9 Å². The van der Waals surface area contributed by atoms with Gasteiger partial charge in [0.15, 0.2) is 0 Å². The van der Waals surface area contributed by atoms with Crippen LogP contribution in [0.5, 0.6) is 0 Å². The zero-order chi connectivity index (χ0) is 18.0. The third-order valence-corrected chi connectivity index (χ3v) is 6.69. The molecule has 4 atom stereocenters. The zero-order valence-corrected chi connectivity index (χ0v) is 15.4. The van der Waals surface area contributed by atoms with Gasteiger partial charge in [0.1, 0.15) is 5.82 Å². The third kappa shape index (κ3) is 4.78. The summed E-state index contributed by atoms with van der Waals surface area (Å²) in [5, 5.41) is 14.0. The average molecular weight is 370 g/mol. The molecule has 2 aliphatic rings. The quantitative estimate of drug-likeness (QED) is 0.832. The monoisotopic (exact) mass is 370 g/mol. The fraction of sp³-hybridized carbons (Fsp3) is 0.667. The molecule has 140 valence electrons. The molecular formula is C18H27FN2O3S. The molecule has 1 aromatic rings. The molecule has 2 N–H and O–H groups in total. The Kier molecular flexibility index (Phi) is 5.78. The number of aliphatic hydroxyl groups is 1. The molecule has 2 fully saturated rings. The highest BCUT2D eigenvalue weighted by Crippen LogP contribution is 2.30. The van der Waals surface area contributed by atoms with Gasteiger partial charge in [-0.25, -0.2) is 17.1 Å². The first kappa shape index (κ1) is 18.8. The van der Waals surface area contributed by atoms with E-state index in [1.54, 1.807) is 16.4 Å². The maximum absolute atomic E-state index is 13.3. The van der Waals surface area contributed by atoms with E-state index in [0.29, 0.717) is 24.6 Å². The summed E-state index contributed by atoms with van der Waals surface area (Å²) in [7, 11) is -3.12. The smallest absolute Gasteiger partial charge is 0.211 e. The summed E-state index contributed by atoms with van der Waals surface area (Å²) in [4.78, 5) is 0. The van der Waals surface area contributed by atoms with Crippen LogP contribution >= 0.6 is 0 Å². The summed E-state index contributed by atoms with van der Waals surface area (Å²) in [5.74, 6) is 0.0141. The van der Waals surface area contributed by atoms with Crippen molar-refractivity contribution in [1.29, 1.82) is 0 Å². The molecule has 2 heterocycles. The van der Waals surface area contributed by atoms with Crippen LogP contribution in [0.15, 0.2) is 24.3 Å². The molecule has 2 saturated heterocycles. The van der Waals surface area contributed by atoms with E-state index >= 15 is 0 Å². The molecule has 25 heavy (non-hydrogen) atoms. The topological polar surface area (TPSA) is 69.6 Å². The summed E-state index contributed by atoms with van der Waals surface area (Å²) >= 11 is 0. The number of benzene rings is 1. The number of halogens is 1. The Morgan fingerprint density at radius 1 is 1.36 bits per heavy atom. The van der Waals surface area contributed by atoms with Crippen molar-refractivity contribution < 1.29 is 17.9 Å². The maximum atomic E-state index is 13.3. The molecule has 1 aromatic carbocycles. The molecule has 3 rings (SSSR count). The van der Waals surface area contributed by atoms with E-state index < -0.39 is 16.1 Å². The van der Waals surface area contributed by atoms with Crippen LogP contribution in [0.2, 0.25) is 0 Å². The van der Waals surface area contributed by atoms with Crippen LogP contribution in [0.3, 0.4) is 0 Å². The van der Waals surface area contributed by atoms with Crippen LogP contribution in [0.25, 0.3) is 0 Å². The summed E-state index contributed by atoms with van der Waals surface area (Å²) in [5.41, 5.74) is 0.596. The minimum atomic E-state index is -3.12. The fourth-order valence-corrected chi connectivity index (χ4v) is 5.07. The lowest BCUT2D eigenvalue weighted by Gasteiger charge is -2.32. The molecule has 0 radical (unpaired) electrons. The maximum Gasteiger partial charge on any atom is 0.211 e. The Balaban J connectivity index is 1.54. The van der Waals surface area contributed by atoms with Gasteiger partial charge < -0.3 is 10.4 Å². The van der Waals surface area contributed by atoms with Gasteiger partial charge >= 0.3 is 0 Å². The van der Waals surface area contributed by atoms with E-state index in [-0.39, 0.29) is 17.9 Å². The van der Waals surface area contributed by atoms with E-state index in [1.165, 1.54) is 18.4 Å². The number of rotatable bonds is 5. The Morgan fingerprint density at radius 3 is 2.88 bits per heavy atom. The van der Waals surface area contributed by atoms with Crippen molar-refractivity contribution in [2.24, 2.45) is 5.92 Å². The van der Waals surface area contributed by atoms with Gasteiger partial charge in [-0.05, 0) is 55.7 Å². The second-order valence-corrected chi connectivity index (χ2v) is 9.39. The number of piperidine rings is 1. The number of nitrogens with one attached hydrogen (secondary N) is 1. The zero-order valence-electron chi connectivity index (χ0n) is 14.6. The molecule has 0 saturated carbocycles. The van der Waals surface area contributed by atoms with Crippen LogP contribution < -0.4 is 5.32 Å². The Labute approximate surface area is 149 Å². The van der Waals surface area contributed by atoms with E-state index in [2.05, 4.69) is 5.32 Å². The van der Waals surface area contributed by atoms with Crippen molar-refractivity contribution >= 4 is 10.0 Å². The highest BCUT2D eigenvalue weighted by atomic mass is 32.2. The summed E-state index contributed by atoms with van der Waals surface area (Å²) in [6.45, 7) is 1.21. The first-order valence-corrected chi connectivity index (χ1v) is 10.8. The molecule has 0 spiro atoms. The van der Waals surface area contributed by atoms with Gasteiger partial charge in [0.05, 0.1) is 12.4 Å². The second-order valence-electron chi connectivity index (χ2n) is 7.41. The van der Waals surface area contributed by atoms with Crippen molar-refractivity contribution in [3.8, 4) is 0 Å². The molecule has 2 aliphatic heterocycles. The van der Waals surface area contributed by atoms with Gasteiger partial charge in [-0.15, -0.1) is 0 Å². The van der Waals surface area contributed by atoms with Crippen molar-refractivity contribution in [3.63, 3.8) is 0 Å². The number of sulfonamides is 1. The van der Waals surface area contributed by atoms with Gasteiger partial charge in [-0.1, -0.05) is 12.1 Å². The highest BCUT2D eigenvalue weighted by molar-refractivity contribution is 7.88. The third-order valence-electron chi connectivity index (χ3n) is 5.42. The number of aliphatic hydroxyl groups excluding tert-OH is 1. The Morgan fingerprint density at radius 2 is 2.16 bits per heavy atom. The predicted molar refractivity (Wildman–Crippen MR) is 95.1 cm³/mol. The van der Waals surface area contributed by atoms with Gasteiger partial charge in [0.25, 0.3) is 0 Å². The molecule has 0 unspecified atom stereocenters. The number of nitrogens with zero attached hydrogens (tertiary/aromatic N) is 1. The summed E-state index contributed by atoms with van der Waals surface area (Å²) in [6, 6.07) is 6.30. The van der Waals surface area contributed by atoms with E-state index in [4.69, 9.17) is 0 Å². The van der Waals surface area contributed by atoms with Crippen molar-refractivity contribution in [3.05, 3.63) is 35.6 Å². The van der Waals surface area contributed by atoms with Gasteiger partial charge in [0.2, 0.25) is 10.0 Å². The molecule has 0 bridgehead atoms. The van der Waals surface area contributed by atoms with Crippen molar-refractivity contribution in [2.45, 2.75) is 50.3 Å². The standard InChI is InChI=1S/C18H27FN2O3S/c1-25(23,24)21-9-3-4-13(12-21)10-16-7-8-17(20-16)18(22)14-5-2-6-15(19)11-14/h2,5-6,11,13,16-18,20,22H,3-4,7-10,12H2,1H3/t13-,16+,17-,18+/m1/s1. The molecular weight excluding hydrogens is 343 g/mol. The number of hydrogen-bond acceptors (Lipinski definition) is 4. The van der Waals surface area contributed by atoms with Crippen LogP contribution in [0.1, 0.15) is 43.8 Å². The minimum Gasteiger partial charge on any atom is -0.387 e. The lowest BCUT2D eigenvalue weighted by Crippen LogP contribution is -2.42. The molecule has 0 amide bonds. The molecule has 0 aliphatic carbocycles. The summed E-state index contributed by atoms with van der Waals surface area (Å²) < 4.78 is 38.4. The Hall–Kier alpha value is -1.02. The van der Waals surface area contributed by atoms with Crippen molar-refractivity contribution in [1.82, 2.24) is 9.62 Å². The van der Waals surface area contributed by atoms with Crippen LogP contribution in [0, 0.1) is 11.7 Å². The summed E-state index contributed by atoms with van der Waals surface area (Å²) in [6.07, 6.45) is 5.20. The average Bonchev–Trinajstić information content (AvgIpc) is 3.02. The first-order valence-electron chi connectivity index (χ1n) is 8.97. The fourth-order valence-electron chi connectivity index (χ4n) is 4.13. The lowest BCUT2D eigenvalue weighted by atomic mass is 9.92. The SMILES string of the molecule is CS(=O)(=O)N1CCC[C@H](C[C@@H]2CC[C@H]([C@@H](O)c3cccc(F)c3)N2)C1. The highest BCUT2D eigenvalue weighted by Gasteiger charge is 2.33.